The summed E-state index contributed by atoms with van der Waals surface area (Å²) in [6.45, 7) is 4.87. The van der Waals surface area contributed by atoms with Crippen molar-refractivity contribution in [3.8, 4) is 0 Å². The van der Waals surface area contributed by atoms with E-state index in [0.717, 1.165) is 5.56 Å². The van der Waals surface area contributed by atoms with Gasteiger partial charge < -0.3 is 5.11 Å². The zero-order valence-corrected chi connectivity index (χ0v) is 10.6. The molecule has 3 nitrogen and oxygen atoms in total. The first kappa shape index (κ1) is 13.2. The van der Waals surface area contributed by atoms with Crippen molar-refractivity contribution >= 4 is 0 Å². The van der Waals surface area contributed by atoms with E-state index in [1.807, 2.05) is 31.2 Å². The molecule has 2 N–H and O–H groups in total. The Kier molecular flexibility index (Phi) is 4.93. The number of nitrogens with one attached hydrogen (secondary N) is 1. The average molecular weight is 222 g/mol. The second-order valence-corrected chi connectivity index (χ2v) is 4.59. The summed E-state index contributed by atoms with van der Waals surface area (Å²) in [7, 11) is 3.82. The fourth-order valence-corrected chi connectivity index (χ4v) is 1.49. The summed E-state index contributed by atoms with van der Waals surface area (Å²) in [5.41, 5.74) is 5.32. The Labute approximate surface area is 98.1 Å². The third-order valence-corrected chi connectivity index (χ3v) is 2.59. The first-order valence-electron chi connectivity index (χ1n) is 5.69. The van der Waals surface area contributed by atoms with Crippen LogP contribution in [0, 0.1) is 0 Å². The molecule has 0 bridgehead atoms. The minimum Gasteiger partial charge on any atom is -0.387 e. The van der Waals surface area contributed by atoms with E-state index in [9.17, 15) is 5.11 Å². The molecule has 1 aromatic rings. The van der Waals surface area contributed by atoms with Gasteiger partial charge in [-0.1, -0.05) is 38.1 Å². The summed E-state index contributed by atoms with van der Waals surface area (Å²) in [5, 5.41) is 11.7. The Balaban J connectivity index is 2.59. The molecular weight excluding hydrogens is 200 g/mol. The lowest BCUT2D eigenvalue weighted by molar-refractivity contribution is 0.141. The van der Waals surface area contributed by atoms with E-state index in [2.05, 4.69) is 31.4 Å². The van der Waals surface area contributed by atoms with Crippen LogP contribution < -0.4 is 5.43 Å². The largest absolute Gasteiger partial charge is 0.387 e. The molecule has 0 spiro atoms. The van der Waals surface area contributed by atoms with Gasteiger partial charge in [-0.2, -0.15) is 0 Å². The van der Waals surface area contributed by atoms with Gasteiger partial charge in [-0.25, -0.2) is 0 Å². The lowest BCUT2D eigenvalue weighted by atomic mass is 10.00. The van der Waals surface area contributed by atoms with Crippen molar-refractivity contribution in [2.45, 2.75) is 25.9 Å². The predicted molar refractivity (Wildman–Crippen MR) is 67.2 cm³/mol. The minimum absolute atomic E-state index is 0.455. The molecule has 1 unspecified atom stereocenters. The quantitative estimate of drug-likeness (QED) is 0.747. The van der Waals surface area contributed by atoms with Crippen molar-refractivity contribution in [1.82, 2.24) is 10.4 Å². The zero-order chi connectivity index (χ0) is 12.1. The van der Waals surface area contributed by atoms with E-state index < -0.39 is 6.10 Å². The lowest BCUT2D eigenvalue weighted by Gasteiger charge is -2.17. The Bertz CT molecular complexity index is 306. The zero-order valence-electron chi connectivity index (χ0n) is 10.6. The summed E-state index contributed by atoms with van der Waals surface area (Å²) in [6.07, 6.45) is -0.455. The molecule has 1 atom stereocenters. The highest BCUT2D eigenvalue weighted by Crippen LogP contribution is 2.18. The summed E-state index contributed by atoms with van der Waals surface area (Å²) in [4.78, 5) is 0. The Morgan fingerprint density at radius 2 is 1.62 bits per heavy atom. The van der Waals surface area contributed by atoms with E-state index >= 15 is 0 Å². The maximum atomic E-state index is 9.91. The molecule has 0 aromatic heterocycles. The van der Waals surface area contributed by atoms with E-state index in [1.54, 1.807) is 0 Å². The van der Waals surface area contributed by atoms with Crippen LogP contribution in [0.1, 0.15) is 37.0 Å². The molecular formula is C13H22N2O. The fourth-order valence-electron chi connectivity index (χ4n) is 1.49. The van der Waals surface area contributed by atoms with E-state index in [-0.39, 0.29) is 0 Å². The highest BCUT2D eigenvalue weighted by molar-refractivity contribution is 5.26. The summed E-state index contributed by atoms with van der Waals surface area (Å²) < 4.78 is 0. The van der Waals surface area contributed by atoms with Gasteiger partial charge in [-0.15, -0.1) is 0 Å². The molecule has 1 rings (SSSR count). The Morgan fingerprint density at radius 1 is 1.12 bits per heavy atom. The Morgan fingerprint density at radius 3 is 2.06 bits per heavy atom. The van der Waals surface area contributed by atoms with Crippen molar-refractivity contribution < 1.29 is 5.11 Å². The molecule has 1 aromatic carbocycles. The van der Waals surface area contributed by atoms with Gasteiger partial charge in [0.25, 0.3) is 0 Å². The second kappa shape index (κ2) is 5.99. The van der Waals surface area contributed by atoms with Crippen LogP contribution in [0.5, 0.6) is 0 Å². The topological polar surface area (TPSA) is 35.5 Å². The maximum Gasteiger partial charge on any atom is 0.0928 e. The molecule has 0 amide bonds. The fraction of sp³-hybridized carbons (Fsp3) is 0.538. The van der Waals surface area contributed by atoms with Crippen molar-refractivity contribution in [3.63, 3.8) is 0 Å². The maximum absolute atomic E-state index is 9.91. The van der Waals surface area contributed by atoms with Crippen molar-refractivity contribution in [2.24, 2.45) is 0 Å². The van der Waals surface area contributed by atoms with E-state index in [0.29, 0.717) is 12.5 Å². The van der Waals surface area contributed by atoms with E-state index in [1.165, 1.54) is 5.56 Å². The molecule has 0 heterocycles. The summed E-state index contributed by atoms with van der Waals surface area (Å²) in [5.74, 6) is 0.533. The smallest absolute Gasteiger partial charge is 0.0928 e. The van der Waals surface area contributed by atoms with E-state index in [4.69, 9.17) is 0 Å². The molecule has 90 valence electrons. The summed E-state index contributed by atoms with van der Waals surface area (Å²) >= 11 is 0. The van der Waals surface area contributed by atoms with Gasteiger partial charge in [0.15, 0.2) is 0 Å². The van der Waals surface area contributed by atoms with Crippen LogP contribution in [0.25, 0.3) is 0 Å². The highest BCUT2D eigenvalue weighted by Gasteiger charge is 2.07. The molecule has 0 fully saturated rings. The van der Waals surface area contributed by atoms with Gasteiger partial charge in [-0.05, 0) is 17.0 Å². The van der Waals surface area contributed by atoms with Gasteiger partial charge in [0.2, 0.25) is 0 Å². The van der Waals surface area contributed by atoms with Crippen LogP contribution in [0.4, 0.5) is 0 Å². The molecule has 16 heavy (non-hydrogen) atoms. The molecule has 0 saturated carbocycles. The average Bonchev–Trinajstić information content (AvgIpc) is 2.26. The third kappa shape index (κ3) is 3.93. The number of benzene rings is 1. The second-order valence-electron chi connectivity index (χ2n) is 4.59. The standard InChI is InChI=1S/C13H22N2O/c1-10(2)11-5-7-12(8-6-11)13(16)9-14-15(3)4/h5-8,10,13-14,16H,9H2,1-4H3. The predicted octanol–water partition coefficient (Wildman–Crippen LogP) is 1.91. The van der Waals surface area contributed by atoms with Crippen LogP contribution in [0.3, 0.4) is 0 Å². The highest BCUT2D eigenvalue weighted by atomic mass is 16.3. The molecule has 0 saturated heterocycles. The lowest BCUT2D eigenvalue weighted by Crippen LogP contribution is -2.33. The van der Waals surface area contributed by atoms with Crippen LogP contribution in [0.2, 0.25) is 0 Å². The number of aliphatic hydroxyl groups excluding tert-OH is 1. The monoisotopic (exact) mass is 222 g/mol. The minimum atomic E-state index is -0.455. The van der Waals surface area contributed by atoms with Crippen LogP contribution >= 0.6 is 0 Å². The van der Waals surface area contributed by atoms with Gasteiger partial charge in [0, 0.05) is 20.6 Å². The first-order chi connectivity index (χ1) is 7.50. The number of nitrogens with zero attached hydrogens (tertiary/aromatic N) is 1. The molecule has 0 aliphatic carbocycles. The molecule has 0 aliphatic rings. The van der Waals surface area contributed by atoms with Gasteiger partial charge in [-0.3, -0.25) is 10.4 Å². The van der Waals surface area contributed by atoms with Crippen LogP contribution in [0.15, 0.2) is 24.3 Å². The molecule has 0 radical (unpaired) electrons. The number of rotatable bonds is 5. The third-order valence-electron chi connectivity index (χ3n) is 2.59. The number of hydrazine groups is 1. The number of hydrogen-bond acceptors (Lipinski definition) is 3. The van der Waals surface area contributed by atoms with Crippen LogP contribution in [-0.4, -0.2) is 30.8 Å². The first-order valence-corrected chi connectivity index (χ1v) is 5.69. The van der Waals surface area contributed by atoms with Gasteiger partial charge in [0.05, 0.1) is 6.10 Å². The van der Waals surface area contributed by atoms with Crippen molar-refractivity contribution in [2.75, 3.05) is 20.6 Å². The molecule has 0 aliphatic heterocycles. The number of aliphatic hydroxyl groups is 1. The molecule has 3 heteroatoms. The SMILES string of the molecule is CC(C)c1ccc(C(O)CNN(C)C)cc1. The van der Waals surface area contributed by atoms with Gasteiger partial charge in [0.1, 0.15) is 0 Å². The Hall–Kier alpha value is -0.900. The van der Waals surface area contributed by atoms with Gasteiger partial charge >= 0.3 is 0 Å². The number of hydrogen-bond donors (Lipinski definition) is 2. The van der Waals surface area contributed by atoms with Crippen molar-refractivity contribution in [3.05, 3.63) is 35.4 Å². The van der Waals surface area contributed by atoms with Crippen LogP contribution in [-0.2, 0) is 0 Å². The summed E-state index contributed by atoms with van der Waals surface area (Å²) in [6, 6.07) is 8.16. The normalized spacial score (nSPS) is 13.4. The van der Waals surface area contributed by atoms with Crippen molar-refractivity contribution in [1.29, 1.82) is 0 Å².